The monoisotopic (exact) mass is 210 g/mol. The van der Waals surface area contributed by atoms with Gasteiger partial charge in [-0.25, -0.2) is 4.98 Å². The second-order valence-electron chi connectivity index (χ2n) is 3.89. The van der Waals surface area contributed by atoms with Crippen molar-refractivity contribution in [2.75, 3.05) is 13.1 Å². The quantitative estimate of drug-likeness (QED) is 0.709. The molecule has 76 valence electrons. The zero-order chi connectivity index (χ0) is 10.1. The van der Waals surface area contributed by atoms with E-state index in [0.29, 0.717) is 5.92 Å². The van der Waals surface area contributed by atoms with Crippen LogP contribution >= 0.6 is 11.3 Å². The van der Waals surface area contributed by atoms with Gasteiger partial charge in [0.1, 0.15) is 4.88 Å². The first-order chi connectivity index (χ1) is 6.66. The van der Waals surface area contributed by atoms with Gasteiger partial charge in [-0.05, 0) is 19.3 Å². The number of aromatic nitrogens is 1. The van der Waals surface area contributed by atoms with Gasteiger partial charge in [0.05, 0.1) is 11.2 Å². The van der Waals surface area contributed by atoms with Crippen molar-refractivity contribution >= 4 is 17.2 Å². The van der Waals surface area contributed by atoms with Gasteiger partial charge in [-0.3, -0.25) is 4.79 Å². The Balaban J connectivity index is 2.09. The SMILES string of the molecule is Cc1ncc(C(=O)N2CCC(C)C2)s1. The maximum atomic E-state index is 11.9. The number of rotatable bonds is 1. The molecule has 1 atom stereocenters. The van der Waals surface area contributed by atoms with Gasteiger partial charge in [0.2, 0.25) is 0 Å². The lowest BCUT2D eigenvalue weighted by Gasteiger charge is -2.13. The Labute approximate surface area is 87.8 Å². The Bertz CT molecular complexity index is 348. The Morgan fingerprint density at radius 2 is 2.50 bits per heavy atom. The van der Waals surface area contributed by atoms with Gasteiger partial charge in [-0.15, -0.1) is 11.3 Å². The third-order valence-corrected chi connectivity index (χ3v) is 3.44. The molecule has 4 heteroatoms. The molecule has 0 saturated carbocycles. The summed E-state index contributed by atoms with van der Waals surface area (Å²) in [6, 6.07) is 0. The summed E-state index contributed by atoms with van der Waals surface area (Å²) in [5.41, 5.74) is 0. The van der Waals surface area contributed by atoms with Crippen LogP contribution in [0.15, 0.2) is 6.20 Å². The summed E-state index contributed by atoms with van der Waals surface area (Å²) in [6.07, 6.45) is 2.81. The van der Waals surface area contributed by atoms with Gasteiger partial charge in [-0.1, -0.05) is 6.92 Å². The number of thiazole rings is 1. The van der Waals surface area contributed by atoms with E-state index in [4.69, 9.17) is 0 Å². The third kappa shape index (κ3) is 1.80. The summed E-state index contributed by atoms with van der Waals surface area (Å²) in [5.74, 6) is 0.799. The second kappa shape index (κ2) is 3.69. The summed E-state index contributed by atoms with van der Waals surface area (Å²) in [5, 5.41) is 0.959. The molecule has 1 unspecified atom stereocenters. The fourth-order valence-electron chi connectivity index (χ4n) is 1.74. The standard InChI is InChI=1S/C10H14N2OS/c1-7-3-4-12(6-7)10(13)9-5-11-8(2)14-9/h5,7H,3-4,6H2,1-2H3. The Hall–Kier alpha value is -0.900. The summed E-state index contributed by atoms with van der Waals surface area (Å²) in [6.45, 7) is 5.91. The van der Waals surface area contributed by atoms with Gasteiger partial charge in [0, 0.05) is 13.1 Å². The minimum atomic E-state index is 0.153. The number of carbonyl (C=O) groups excluding carboxylic acids is 1. The van der Waals surface area contributed by atoms with Crippen LogP contribution in [0.5, 0.6) is 0 Å². The molecule has 0 aliphatic carbocycles. The third-order valence-electron chi connectivity index (χ3n) is 2.54. The van der Waals surface area contributed by atoms with E-state index in [-0.39, 0.29) is 5.91 Å². The molecule has 0 radical (unpaired) electrons. The van der Waals surface area contributed by atoms with Crippen LogP contribution < -0.4 is 0 Å². The summed E-state index contributed by atoms with van der Waals surface area (Å²) < 4.78 is 0. The Morgan fingerprint density at radius 1 is 1.71 bits per heavy atom. The molecule has 1 aromatic heterocycles. The molecule has 1 aliphatic heterocycles. The molecule has 1 aromatic rings. The predicted octanol–water partition coefficient (Wildman–Crippen LogP) is 1.93. The Kier molecular flexibility index (Phi) is 2.54. The molecule has 1 fully saturated rings. The molecule has 14 heavy (non-hydrogen) atoms. The second-order valence-corrected chi connectivity index (χ2v) is 5.12. The molecular weight excluding hydrogens is 196 g/mol. The highest BCUT2D eigenvalue weighted by atomic mass is 32.1. The first kappa shape index (κ1) is 9.65. The van der Waals surface area contributed by atoms with Crippen LogP contribution in [-0.4, -0.2) is 28.9 Å². The van der Waals surface area contributed by atoms with Gasteiger partial charge in [0.15, 0.2) is 0 Å². The van der Waals surface area contributed by atoms with Crippen molar-refractivity contribution in [3.63, 3.8) is 0 Å². The van der Waals surface area contributed by atoms with Crippen LogP contribution in [-0.2, 0) is 0 Å². The number of carbonyl (C=O) groups is 1. The molecule has 3 nitrogen and oxygen atoms in total. The molecule has 0 spiro atoms. The summed E-state index contributed by atoms with van der Waals surface area (Å²) in [7, 11) is 0. The van der Waals surface area contributed by atoms with E-state index in [1.165, 1.54) is 11.3 Å². The normalized spacial score (nSPS) is 21.6. The van der Waals surface area contributed by atoms with Gasteiger partial charge < -0.3 is 4.90 Å². The lowest BCUT2D eigenvalue weighted by atomic mass is 10.2. The molecule has 0 bridgehead atoms. The zero-order valence-electron chi connectivity index (χ0n) is 8.49. The van der Waals surface area contributed by atoms with Crippen LogP contribution in [0.3, 0.4) is 0 Å². The van der Waals surface area contributed by atoms with Crippen LogP contribution in [0.2, 0.25) is 0 Å². The van der Waals surface area contributed by atoms with Crippen molar-refractivity contribution < 1.29 is 4.79 Å². The molecule has 0 aromatic carbocycles. The Morgan fingerprint density at radius 3 is 3.00 bits per heavy atom. The fourth-order valence-corrected chi connectivity index (χ4v) is 2.48. The topological polar surface area (TPSA) is 33.2 Å². The number of likely N-dealkylation sites (tertiary alicyclic amines) is 1. The lowest BCUT2D eigenvalue weighted by Crippen LogP contribution is -2.27. The molecule has 0 N–H and O–H groups in total. The van der Waals surface area contributed by atoms with Crippen LogP contribution in [0.4, 0.5) is 0 Å². The number of amides is 1. The molecule has 1 aliphatic rings. The van der Waals surface area contributed by atoms with Gasteiger partial charge >= 0.3 is 0 Å². The maximum absolute atomic E-state index is 11.9. The van der Waals surface area contributed by atoms with Crippen molar-refractivity contribution in [1.29, 1.82) is 0 Å². The van der Waals surface area contributed by atoms with E-state index in [1.807, 2.05) is 11.8 Å². The van der Waals surface area contributed by atoms with Crippen LogP contribution in [0.1, 0.15) is 28.0 Å². The van der Waals surface area contributed by atoms with E-state index in [9.17, 15) is 4.79 Å². The lowest BCUT2D eigenvalue weighted by molar-refractivity contribution is 0.0792. The van der Waals surface area contributed by atoms with Crippen molar-refractivity contribution in [3.05, 3.63) is 16.1 Å². The largest absolute Gasteiger partial charge is 0.338 e. The van der Waals surface area contributed by atoms with E-state index in [0.717, 1.165) is 29.4 Å². The van der Waals surface area contributed by atoms with Crippen LogP contribution in [0, 0.1) is 12.8 Å². The van der Waals surface area contributed by atoms with Crippen LogP contribution in [0.25, 0.3) is 0 Å². The first-order valence-corrected chi connectivity index (χ1v) is 5.70. The van der Waals surface area contributed by atoms with Crippen molar-refractivity contribution in [3.8, 4) is 0 Å². The highest BCUT2D eigenvalue weighted by Gasteiger charge is 2.25. The predicted molar refractivity (Wildman–Crippen MR) is 56.5 cm³/mol. The smallest absolute Gasteiger partial charge is 0.265 e. The molecular formula is C10H14N2OS. The van der Waals surface area contributed by atoms with E-state index >= 15 is 0 Å². The number of nitrogens with zero attached hydrogens (tertiary/aromatic N) is 2. The average molecular weight is 210 g/mol. The highest BCUT2D eigenvalue weighted by molar-refractivity contribution is 7.13. The van der Waals surface area contributed by atoms with E-state index in [2.05, 4.69) is 11.9 Å². The molecule has 1 saturated heterocycles. The zero-order valence-corrected chi connectivity index (χ0v) is 9.30. The summed E-state index contributed by atoms with van der Waals surface area (Å²) in [4.78, 5) is 18.7. The highest BCUT2D eigenvalue weighted by Crippen LogP contribution is 2.20. The number of aryl methyl sites for hydroxylation is 1. The fraction of sp³-hybridized carbons (Fsp3) is 0.600. The minimum absolute atomic E-state index is 0.153. The average Bonchev–Trinajstić information content (AvgIpc) is 2.73. The molecule has 2 heterocycles. The van der Waals surface area contributed by atoms with E-state index in [1.54, 1.807) is 6.20 Å². The van der Waals surface area contributed by atoms with Gasteiger partial charge in [-0.2, -0.15) is 0 Å². The molecule has 1 amide bonds. The molecule has 2 rings (SSSR count). The van der Waals surface area contributed by atoms with Crippen molar-refractivity contribution in [2.45, 2.75) is 20.3 Å². The number of hydrogen-bond donors (Lipinski definition) is 0. The summed E-state index contributed by atoms with van der Waals surface area (Å²) >= 11 is 1.48. The first-order valence-electron chi connectivity index (χ1n) is 4.88. The maximum Gasteiger partial charge on any atom is 0.265 e. The van der Waals surface area contributed by atoms with E-state index < -0.39 is 0 Å². The minimum Gasteiger partial charge on any atom is -0.338 e. The number of hydrogen-bond acceptors (Lipinski definition) is 3. The van der Waals surface area contributed by atoms with Crippen molar-refractivity contribution in [2.24, 2.45) is 5.92 Å². The van der Waals surface area contributed by atoms with Crippen molar-refractivity contribution in [1.82, 2.24) is 9.88 Å². The van der Waals surface area contributed by atoms with Gasteiger partial charge in [0.25, 0.3) is 5.91 Å².